The van der Waals surface area contributed by atoms with Crippen LogP contribution >= 0.6 is 0 Å². The first-order valence-corrected chi connectivity index (χ1v) is 5.15. The summed E-state index contributed by atoms with van der Waals surface area (Å²) in [4.78, 5) is 20.6. The second kappa shape index (κ2) is 6.55. The van der Waals surface area contributed by atoms with E-state index in [0.717, 1.165) is 0 Å². The molecule has 1 N–H and O–H groups in total. The fourth-order valence-electron chi connectivity index (χ4n) is 1.39. The third-order valence-corrected chi connectivity index (χ3v) is 2.19. The van der Waals surface area contributed by atoms with Gasteiger partial charge < -0.3 is 14.6 Å². The maximum absolute atomic E-state index is 10.8. The number of methoxy groups -OCH3 is 1. The molecule has 18 heavy (non-hydrogen) atoms. The molecule has 98 valence electrons. The summed E-state index contributed by atoms with van der Waals surface area (Å²) in [7, 11) is 1.50. The van der Waals surface area contributed by atoms with Gasteiger partial charge in [-0.15, -0.1) is 0 Å². The number of rotatable bonds is 7. The predicted molar refractivity (Wildman–Crippen MR) is 61.8 cm³/mol. The average molecular weight is 255 g/mol. The Labute approximate surface area is 103 Å². The van der Waals surface area contributed by atoms with Crippen LogP contribution in [0, 0.1) is 10.1 Å². The normalized spacial score (nSPS) is 10.1. The number of carbonyl (C=O) groups is 1. The van der Waals surface area contributed by atoms with Crippen molar-refractivity contribution in [3.63, 3.8) is 0 Å². The topological polar surface area (TPSA) is 98.9 Å². The van der Waals surface area contributed by atoms with Crippen LogP contribution in [0.5, 0.6) is 5.75 Å². The van der Waals surface area contributed by atoms with Crippen molar-refractivity contribution in [3.05, 3.63) is 33.9 Å². The van der Waals surface area contributed by atoms with Crippen molar-refractivity contribution in [1.82, 2.24) is 0 Å². The molecule has 0 saturated heterocycles. The first-order valence-electron chi connectivity index (χ1n) is 5.15. The van der Waals surface area contributed by atoms with Gasteiger partial charge >= 0.3 is 5.97 Å². The molecule has 0 saturated carbocycles. The Kier molecular flexibility index (Phi) is 5.06. The molecular formula is C11H13NO6. The number of carboxylic acids is 1. The summed E-state index contributed by atoms with van der Waals surface area (Å²) in [6, 6.07) is 4.12. The molecule has 0 bridgehead atoms. The van der Waals surface area contributed by atoms with Gasteiger partial charge in [-0.1, -0.05) is 0 Å². The van der Waals surface area contributed by atoms with Crippen LogP contribution in [0.1, 0.15) is 5.56 Å². The van der Waals surface area contributed by atoms with Crippen LogP contribution in [-0.4, -0.2) is 36.3 Å². The Morgan fingerprint density at radius 3 is 2.78 bits per heavy atom. The van der Waals surface area contributed by atoms with Crippen LogP contribution in [0.3, 0.4) is 0 Å². The van der Waals surface area contributed by atoms with Crippen molar-refractivity contribution in [1.29, 1.82) is 0 Å². The number of nitro groups is 1. The maximum Gasteiger partial charge on any atom is 0.341 e. The van der Waals surface area contributed by atoms with Crippen molar-refractivity contribution in [3.8, 4) is 5.75 Å². The zero-order valence-electron chi connectivity index (χ0n) is 9.79. The Morgan fingerprint density at radius 1 is 1.50 bits per heavy atom. The largest absolute Gasteiger partial charge is 0.482 e. The highest BCUT2D eigenvalue weighted by molar-refractivity contribution is 5.68. The van der Waals surface area contributed by atoms with Gasteiger partial charge in [0, 0.05) is 25.2 Å². The monoisotopic (exact) mass is 255 g/mol. The summed E-state index contributed by atoms with van der Waals surface area (Å²) < 4.78 is 9.82. The zero-order valence-corrected chi connectivity index (χ0v) is 9.79. The van der Waals surface area contributed by atoms with E-state index in [1.54, 1.807) is 0 Å². The van der Waals surface area contributed by atoms with E-state index in [0.29, 0.717) is 18.6 Å². The van der Waals surface area contributed by atoms with E-state index in [4.69, 9.17) is 14.6 Å². The van der Waals surface area contributed by atoms with Crippen LogP contribution in [0.15, 0.2) is 18.2 Å². The first-order chi connectivity index (χ1) is 8.54. The Balaban J connectivity index is 2.89. The number of ether oxygens (including phenoxy) is 2. The van der Waals surface area contributed by atoms with Crippen molar-refractivity contribution in [2.24, 2.45) is 0 Å². The molecule has 0 radical (unpaired) electrons. The third kappa shape index (κ3) is 4.02. The van der Waals surface area contributed by atoms with E-state index in [1.165, 1.54) is 25.3 Å². The van der Waals surface area contributed by atoms with E-state index in [1.807, 2.05) is 0 Å². The molecule has 1 aromatic rings. The van der Waals surface area contributed by atoms with E-state index in [-0.39, 0.29) is 11.4 Å². The molecule has 7 heteroatoms. The molecule has 0 amide bonds. The van der Waals surface area contributed by atoms with Gasteiger partial charge in [0.15, 0.2) is 6.61 Å². The summed E-state index contributed by atoms with van der Waals surface area (Å²) in [5, 5.41) is 19.3. The highest BCUT2D eigenvalue weighted by atomic mass is 16.6. The van der Waals surface area contributed by atoms with Gasteiger partial charge in [-0.2, -0.15) is 0 Å². The average Bonchev–Trinajstić information content (AvgIpc) is 2.33. The van der Waals surface area contributed by atoms with Gasteiger partial charge in [-0.05, 0) is 12.1 Å². The quantitative estimate of drug-likeness (QED) is 0.581. The zero-order chi connectivity index (χ0) is 13.5. The summed E-state index contributed by atoms with van der Waals surface area (Å²) in [6.45, 7) is -0.148. The molecule has 0 aliphatic carbocycles. The smallest absolute Gasteiger partial charge is 0.341 e. The van der Waals surface area contributed by atoms with Crippen molar-refractivity contribution < 1.29 is 24.3 Å². The highest BCUT2D eigenvalue weighted by Gasteiger charge is 2.14. The molecule has 1 rings (SSSR count). The third-order valence-electron chi connectivity index (χ3n) is 2.19. The number of carboxylic acid groups (broad SMARTS) is 1. The Hall–Kier alpha value is -2.15. The van der Waals surface area contributed by atoms with Crippen LogP contribution in [0.4, 0.5) is 5.69 Å². The summed E-state index contributed by atoms with van der Waals surface area (Å²) in [5.74, 6) is -0.819. The van der Waals surface area contributed by atoms with Crippen LogP contribution < -0.4 is 4.74 Å². The number of nitrogens with zero attached hydrogens (tertiary/aromatic N) is 1. The van der Waals surface area contributed by atoms with Crippen molar-refractivity contribution >= 4 is 11.7 Å². The molecule has 0 heterocycles. The second-order valence-electron chi connectivity index (χ2n) is 3.47. The number of hydrogen-bond donors (Lipinski definition) is 1. The lowest BCUT2D eigenvalue weighted by Crippen LogP contribution is -2.10. The van der Waals surface area contributed by atoms with Gasteiger partial charge in [0.25, 0.3) is 5.69 Å². The molecule has 1 aromatic carbocycles. The molecule has 7 nitrogen and oxygen atoms in total. The molecule has 0 spiro atoms. The van der Waals surface area contributed by atoms with Crippen LogP contribution in [0.25, 0.3) is 0 Å². The molecular weight excluding hydrogens is 242 g/mol. The summed E-state index contributed by atoms with van der Waals surface area (Å²) >= 11 is 0. The number of hydrogen-bond acceptors (Lipinski definition) is 5. The molecule has 0 atom stereocenters. The van der Waals surface area contributed by atoms with Gasteiger partial charge in [-0.25, -0.2) is 4.79 Å². The van der Waals surface area contributed by atoms with Gasteiger partial charge in [0.05, 0.1) is 11.5 Å². The minimum atomic E-state index is -1.10. The lowest BCUT2D eigenvalue weighted by Gasteiger charge is -2.07. The SMILES string of the molecule is COCCc1cc(OCC(=O)O)ccc1[N+](=O)[O-]. The Morgan fingerprint density at radius 2 is 2.22 bits per heavy atom. The Bertz CT molecular complexity index is 445. The van der Waals surface area contributed by atoms with Crippen LogP contribution in [-0.2, 0) is 16.0 Å². The molecule has 0 aliphatic heterocycles. The minimum Gasteiger partial charge on any atom is -0.482 e. The molecule has 0 aliphatic rings. The predicted octanol–water partition coefficient (Wildman–Crippen LogP) is 1.25. The highest BCUT2D eigenvalue weighted by Crippen LogP contribution is 2.24. The maximum atomic E-state index is 10.8. The lowest BCUT2D eigenvalue weighted by molar-refractivity contribution is -0.385. The van der Waals surface area contributed by atoms with E-state index in [2.05, 4.69) is 0 Å². The summed E-state index contributed by atoms with van der Waals surface area (Å²) in [5.41, 5.74) is 0.416. The summed E-state index contributed by atoms with van der Waals surface area (Å²) in [6.07, 6.45) is 0.358. The van der Waals surface area contributed by atoms with Gasteiger partial charge in [0.1, 0.15) is 5.75 Å². The molecule has 0 aromatic heterocycles. The fraction of sp³-hybridized carbons (Fsp3) is 0.364. The van der Waals surface area contributed by atoms with E-state index in [9.17, 15) is 14.9 Å². The minimum absolute atomic E-state index is 0.0327. The first kappa shape index (κ1) is 13.9. The van der Waals surface area contributed by atoms with E-state index < -0.39 is 17.5 Å². The number of nitro benzene ring substituents is 1. The second-order valence-corrected chi connectivity index (χ2v) is 3.47. The number of aliphatic carboxylic acids is 1. The van der Waals surface area contributed by atoms with Gasteiger partial charge in [0.2, 0.25) is 0 Å². The van der Waals surface area contributed by atoms with E-state index >= 15 is 0 Å². The van der Waals surface area contributed by atoms with Crippen molar-refractivity contribution in [2.45, 2.75) is 6.42 Å². The number of benzene rings is 1. The van der Waals surface area contributed by atoms with Crippen LogP contribution in [0.2, 0.25) is 0 Å². The molecule has 0 unspecified atom stereocenters. The fourth-order valence-corrected chi connectivity index (χ4v) is 1.39. The lowest BCUT2D eigenvalue weighted by atomic mass is 10.1. The standard InChI is InChI=1S/C11H13NO6/c1-17-5-4-8-6-9(18-7-11(13)14)2-3-10(8)12(15)16/h2-3,6H,4-5,7H2,1H3,(H,13,14). The van der Waals surface area contributed by atoms with Crippen molar-refractivity contribution in [2.75, 3.05) is 20.3 Å². The van der Waals surface area contributed by atoms with Gasteiger partial charge in [-0.3, -0.25) is 10.1 Å². The molecule has 0 fully saturated rings.